The maximum atomic E-state index is 12.6. The number of imidazole rings is 1. The first-order valence-corrected chi connectivity index (χ1v) is 13.1. The van der Waals surface area contributed by atoms with E-state index in [4.69, 9.17) is 24.3 Å². The van der Waals surface area contributed by atoms with Gasteiger partial charge in [0.05, 0.1) is 19.5 Å². The van der Waals surface area contributed by atoms with Gasteiger partial charge in [0.1, 0.15) is 48.5 Å². The Kier molecular flexibility index (Phi) is 9.47. The molecule has 2 aromatic rings. The number of nitrogen functional groups attached to an aromatic ring is 1. The molecule has 3 saturated heterocycles. The Bertz CT molecular complexity index is 1300. The second-order valence-corrected chi connectivity index (χ2v) is 10.3. The van der Waals surface area contributed by atoms with Crippen LogP contribution < -0.4 is 45.5 Å². The topological polar surface area (TPSA) is 277 Å². The first-order valence-electron chi connectivity index (χ1n) is 11.6. The molecule has 9 atom stereocenters. The van der Waals surface area contributed by atoms with Gasteiger partial charge in [-0.25, -0.2) is 19.7 Å². The normalized spacial score (nSPS) is 34.1. The van der Waals surface area contributed by atoms with E-state index in [2.05, 4.69) is 15.0 Å². The van der Waals surface area contributed by atoms with E-state index in [1.54, 1.807) is 0 Å². The molecule has 7 N–H and O–H groups in total. The van der Waals surface area contributed by atoms with Gasteiger partial charge < -0.3 is 49.6 Å². The monoisotopic (exact) mass is 597 g/mol. The van der Waals surface area contributed by atoms with Crippen LogP contribution in [0.4, 0.5) is 10.6 Å². The van der Waals surface area contributed by atoms with E-state index in [9.17, 15) is 39.5 Å². The average molecular weight is 597 g/mol. The van der Waals surface area contributed by atoms with Crippen LogP contribution in [0.1, 0.15) is 12.6 Å². The molecule has 3 unspecified atom stereocenters. The third-order valence-corrected chi connectivity index (χ3v) is 7.50. The number of hydrogen-bond donors (Lipinski definition) is 6. The van der Waals surface area contributed by atoms with Gasteiger partial charge in [0.25, 0.3) is 7.82 Å². The van der Waals surface area contributed by atoms with Crippen molar-refractivity contribution >= 4 is 36.7 Å². The number of nitrogens with two attached hydrogens (primary N) is 1. The molecule has 0 bridgehead atoms. The summed E-state index contributed by atoms with van der Waals surface area (Å²) in [5.41, 5.74) is 6.15. The van der Waals surface area contributed by atoms with E-state index in [1.165, 1.54) is 10.9 Å². The number of carbonyl (C=O) groups excluding carboxylic acids is 2. The number of hydrogen-bond acceptors (Lipinski definition) is 16. The van der Waals surface area contributed by atoms with Gasteiger partial charge in [-0.15, -0.1) is 0 Å². The van der Waals surface area contributed by atoms with Gasteiger partial charge in [-0.05, 0) is 0 Å². The molecular formula is C19H25N7NaO12P. The molecule has 214 valence electrons. The van der Waals surface area contributed by atoms with E-state index >= 15 is 0 Å². The molecule has 0 saturated carbocycles. The minimum atomic E-state index is -5.24. The van der Waals surface area contributed by atoms with Crippen LogP contribution in [0.15, 0.2) is 12.7 Å². The number of anilines is 1. The van der Waals surface area contributed by atoms with Crippen molar-refractivity contribution in [3.05, 3.63) is 12.7 Å². The van der Waals surface area contributed by atoms with Crippen molar-refractivity contribution in [2.24, 2.45) is 0 Å². The Morgan fingerprint density at radius 2 is 1.85 bits per heavy atom. The number of carbonyl (C=O) groups is 2. The third-order valence-electron chi connectivity index (χ3n) is 6.53. The van der Waals surface area contributed by atoms with Gasteiger partial charge in [-0.3, -0.25) is 24.1 Å². The summed E-state index contributed by atoms with van der Waals surface area (Å²) in [6.07, 6.45) is -9.58. The molecular weight excluding hydrogens is 572 g/mol. The van der Waals surface area contributed by atoms with Gasteiger partial charge >= 0.3 is 35.6 Å². The molecule has 19 nitrogen and oxygen atoms in total. The summed E-state index contributed by atoms with van der Waals surface area (Å²) in [5, 5.41) is 43.2. The van der Waals surface area contributed by atoms with Gasteiger partial charge in [-0.2, -0.15) is 0 Å². The van der Waals surface area contributed by atoms with Crippen molar-refractivity contribution in [1.82, 2.24) is 29.7 Å². The summed E-state index contributed by atoms with van der Waals surface area (Å²) in [5.74, 6) is -0.456. The van der Waals surface area contributed by atoms with Crippen LogP contribution in [-0.2, 0) is 27.9 Å². The number of urea groups is 1. The largest absolute Gasteiger partial charge is 1.00 e. The number of nitrogens with one attached hydrogen (secondary N) is 1. The number of fused-ring (bicyclic) bond motifs is 1. The summed E-state index contributed by atoms with van der Waals surface area (Å²) < 4.78 is 34.8. The Hall–Kier alpha value is -1.84. The standard InChI is InChI=1S/C19H26N7O12P.Na/c20-15-10-16(22-5-21-15)26(6-23-10)18-13(31)14(7(3-27)36-18)38-39(33,34)35-4-8-11(29)12(30)17(37-8)25-2-1-9(28)24-19(25)32;/h5-8,11-14,17-18,27,29-31H,1-4H2,(H,33,34)(H2,20,21,22)(H,24,28,32);/q;+1/p-1/t7-,8-,11+,12?,13?,14+,17-,18-;/m1./s1. The van der Waals surface area contributed by atoms with Crippen LogP contribution in [0.3, 0.4) is 0 Å². The fourth-order valence-electron chi connectivity index (χ4n) is 4.57. The number of aromatic nitrogens is 4. The van der Waals surface area contributed by atoms with Crippen LogP contribution in [0.25, 0.3) is 11.2 Å². The molecule has 3 aliphatic heterocycles. The number of imide groups is 1. The van der Waals surface area contributed by atoms with E-state index < -0.39 is 82.1 Å². The van der Waals surface area contributed by atoms with Crippen molar-refractivity contribution in [1.29, 1.82) is 0 Å². The fraction of sp³-hybridized carbons (Fsp3) is 0.632. The second kappa shape index (κ2) is 12.2. The fourth-order valence-corrected chi connectivity index (χ4v) is 5.52. The maximum absolute atomic E-state index is 12.6. The zero-order chi connectivity index (χ0) is 28.1. The molecule has 0 aromatic carbocycles. The van der Waals surface area contributed by atoms with Crippen LogP contribution in [0, 0.1) is 0 Å². The summed E-state index contributed by atoms with van der Waals surface area (Å²) in [7, 11) is -5.24. The number of rotatable bonds is 8. The minimum Gasteiger partial charge on any atom is -0.756 e. The number of phosphoric acid groups is 1. The van der Waals surface area contributed by atoms with E-state index in [0.29, 0.717) is 0 Å². The predicted molar refractivity (Wildman–Crippen MR) is 121 cm³/mol. The quantitative estimate of drug-likeness (QED) is 0.122. The molecule has 0 spiro atoms. The first-order chi connectivity index (χ1) is 18.5. The number of aliphatic hydroxyl groups is 4. The summed E-state index contributed by atoms with van der Waals surface area (Å²) in [6, 6.07) is -0.846. The van der Waals surface area contributed by atoms with E-state index in [1.807, 2.05) is 5.32 Å². The van der Waals surface area contributed by atoms with Crippen LogP contribution >= 0.6 is 7.82 Å². The molecule has 0 aliphatic carbocycles. The smallest absolute Gasteiger partial charge is 0.756 e. The third kappa shape index (κ3) is 5.88. The van der Waals surface area contributed by atoms with Gasteiger partial charge in [0.2, 0.25) is 5.91 Å². The Labute approximate surface area is 247 Å². The molecule has 2 aromatic heterocycles. The van der Waals surface area contributed by atoms with Crippen LogP contribution in [0.2, 0.25) is 0 Å². The van der Waals surface area contributed by atoms with Crippen molar-refractivity contribution in [2.75, 3.05) is 25.5 Å². The zero-order valence-electron chi connectivity index (χ0n) is 20.9. The SMILES string of the molecule is Nc1ncnc2c1ncn2[C@@H]1O[C@H](CO)[C@H](OP(=O)([O-])OC[C@H]2O[C@@H](N3CCC(=O)NC3=O)C(O)[C@H]2O)C1O.[Na+]. The number of aliphatic hydroxyl groups excluding tert-OH is 4. The van der Waals surface area contributed by atoms with Gasteiger partial charge in [0, 0.05) is 13.0 Å². The van der Waals surface area contributed by atoms with E-state index in [0.717, 1.165) is 11.2 Å². The summed E-state index contributed by atoms with van der Waals surface area (Å²) in [4.78, 5) is 48.9. The molecule has 3 fully saturated rings. The molecule has 40 heavy (non-hydrogen) atoms. The molecule has 3 aliphatic rings. The van der Waals surface area contributed by atoms with Crippen molar-refractivity contribution < 1.29 is 87.6 Å². The van der Waals surface area contributed by atoms with Crippen molar-refractivity contribution in [2.45, 2.75) is 55.5 Å². The van der Waals surface area contributed by atoms with Crippen LogP contribution in [0.5, 0.6) is 0 Å². The Morgan fingerprint density at radius 3 is 2.55 bits per heavy atom. The summed E-state index contributed by atoms with van der Waals surface area (Å²) in [6.45, 7) is -1.66. The zero-order valence-corrected chi connectivity index (χ0v) is 23.8. The number of phosphoric ester groups is 1. The molecule has 5 rings (SSSR count). The molecule has 5 heterocycles. The molecule has 0 radical (unpaired) electrons. The minimum absolute atomic E-state index is 0. The van der Waals surface area contributed by atoms with Crippen LogP contribution in [-0.4, -0.2) is 119 Å². The number of amides is 3. The Morgan fingerprint density at radius 1 is 1.12 bits per heavy atom. The van der Waals surface area contributed by atoms with Crippen molar-refractivity contribution in [3.63, 3.8) is 0 Å². The first kappa shape index (κ1) is 31.1. The number of ether oxygens (including phenoxy) is 2. The average Bonchev–Trinajstić information content (AvgIpc) is 3.53. The summed E-state index contributed by atoms with van der Waals surface area (Å²) >= 11 is 0. The predicted octanol–water partition coefficient (Wildman–Crippen LogP) is -7.08. The molecule has 3 amide bonds. The van der Waals surface area contributed by atoms with Crippen molar-refractivity contribution in [3.8, 4) is 0 Å². The number of nitrogens with zero attached hydrogens (tertiary/aromatic N) is 5. The van der Waals surface area contributed by atoms with Gasteiger partial charge in [-0.1, -0.05) is 0 Å². The van der Waals surface area contributed by atoms with Gasteiger partial charge in [0.15, 0.2) is 23.9 Å². The second-order valence-electron chi connectivity index (χ2n) is 8.98. The van der Waals surface area contributed by atoms with E-state index in [-0.39, 0.29) is 59.5 Å². The molecule has 21 heteroatoms. The maximum Gasteiger partial charge on any atom is 1.00 e. The Balaban J connectivity index is 0.00000370.